The van der Waals surface area contributed by atoms with Gasteiger partial charge in [-0.1, -0.05) is 30.3 Å². The predicted molar refractivity (Wildman–Crippen MR) is 94.8 cm³/mol. The van der Waals surface area contributed by atoms with Gasteiger partial charge in [-0.15, -0.1) is 0 Å². The first-order valence-electron chi connectivity index (χ1n) is 8.19. The summed E-state index contributed by atoms with van der Waals surface area (Å²) in [5, 5.41) is 9.06. The van der Waals surface area contributed by atoms with Crippen molar-refractivity contribution in [3.63, 3.8) is 0 Å². The van der Waals surface area contributed by atoms with Crippen LogP contribution in [-0.2, 0) is 12.8 Å². The number of benzene rings is 2. The van der Waals surface area contributed by atoms with Crippen LogP contribution in [0.25, 0.3) is 11.6 Å². The maximum absolute atomic E-state index is 11.0. The summed E-state index contributed by atoms with van der Waals surface area (Å²) in [5.41, 5.74) is 7.85. The number of hydrogen-bond donors (Lipinski definition) is 1. The fraction of sp³-hybridized carbons (Fsp3) is 0.286. The van der Waals surface area contributed by atoms with Crippen LogP contribution in [0.3, 0.4) is 0 Å². The minimum atomic E-state index is -0.880. The lowest BCUT2D eigenvalue weighted by Crippen LogP contribution is -2.02. The topological polar surface area (TPSA) is 37.3 Å². The van der Waals surface area contributed by atoms with Gasteiger partial charge in [-0.05, 0) is 85.1 Å². The van der Waals surface area contributed by atoms with Crippen LogP contribution in [0.15, 0.2) is 36.4 Å². The lowest BCUT2D eigenvalue weighted by atomic mass is 9.89. The molecule has 0 heterocycles. The van der Waals surface area contributed by atoms with E-state index in [0.29, 0.717) is 5.56 Å². The van der Waals surface area contributed by atoms with E-state index in [1.54, 1.807) is 12.1 Å². The number of carboxylic acid groups (broad SMARTS) is 1. The van der Waals surface area contributed by atoms with Crippen molar-refractivity contribution in [2.45, 2.75) is 39.5 Å². The fourth-order valence-corrected chi connectivity index (χ4v) is 3.27. The third kappa shape index (κ3) is 3.37. The van der Waals surface area contributed by atoms with Gasteiger partial charge in [0.1, 0.15) is 0 Å². The number of rotatable bonds is 3. The van der Waals surface area contributed by atoms with Gasteiger partial charge in [-0.3, -0.25) is 0 Å². The maximum atomic E-state index is 11.0. The Morgan fingerprint density at radius 1 is 1.00 bits per heavy atom. The molecule has 0 amide bonds. The number of aryl methyl sites for hydroxylation is 3. The van der Waals surface area contributed by atoms with E-state index in [0.717, 1.165) is 11.1 Å². The normalized spacial score (nSPS) is 14.4. The van der Waals surface area contributed by atoms with Crippen LogP contribution in [0.1, 0.15) is 57.9 Å². The molecule has 2 aromatic rings. The van der Waals surface area contributed by atoms with Crippen molar-refractivity contribution in [1.29, 1.82) is 0 Å². The minimum Gasteiger partial charge on any atom is -0.478 e. The number of aromatic carboxylic acids is 1. The highest BCUT2D eigenvalue weighted by Gasteiger charge is 2.10. The number of hydrogen-bond acceptors (Lipinski definition) is 1. The monoisotopic (exact) mass is 306 g/mol. The van der Waals surface area contributed by atoms with Gasteiger partial charge in [0.15, 0.2) is 0 Å². The van der Waals surface area contributed by atoms with Crippen molar-refractivity contribution < 1.29 is 9.90 Å². The SMILES string of the molecule is CC(=Cc1ccc(C(=O)O)cc1C)c1ccc2c(c1)CCCC2. The minimum absolute atomic E-state index is 0.339. The van der Waals surface area contributed by atoms with Gasteiger partial charge in [-0.25, -0.2) is 4.79 Å². The van der Waals surface area contributed by atoms with Gasteiger partial charge in [0, 0.05) is 0 Å². The Morgan fingerprint density at radius 3 is 2.39 bits per heavy atom. The zero-order chi connectivity index (χ0) is 16.4. The average molecular weight is 306 g/mol. The van der Waals surface area contributed by atoms with Crippen LogP contribution in [0.5, 0.6) is 0 Å². The Hall–Kier alpha value is -2.35. The van der Waals surface area contributed by atoms with Gasteiger partial charge in [0.2, 0.25) is 0 Å². The number of carbonyl (C=O) groups is 1. The van der Waals surface area contributed by atoms with Crippen LogP contribution >= 0.6 is 0 Å². The van der Waals surface area contributed by atoms with Crippen LogP contribution in [0.4, 0.5) is 0 Å². The van der Waals surface area contributed by atoms with E-state index in [4.69, 9.17) is 5.11 Å². The standard InChI is InChI=1S/C21H22O2/c1-14(11-17-9-10-20(21(22)23)12-15(17)2)18-8-7-16-5-3-4-6-19(16)13-18/h7-13H,3-6H2,1-2H3,(H,22,23). The molecule has 2 heteroatoms. The molecule has 1 N–H and O–H groups in total. The Labute approximate surface area is 137 Å². The van der Waals surface area contributed by atoms with Crippen LogP contribution in [0.2, 0.25) is 0 Å². The molecule has 0 atom stereocenters. The second-order valence-corrected chi connectivity index (χ2v) is 6.39. The fourth-order valence-electron chi connectivity index (χ4n) is 3.27. The first kappa shape index (κ1) is 15.5. The van der Waals surface area contributed by atoms with Crippen molar-refractivity contribution in [3.8, 4) is 0 Å². The highest BCUT2D eigenvalue weighted by Crippen LogP contribution is 2.26. The van der Waals surface area contributed by atoms with Crippen LogP contribution in [0, 0.1) is 6.92 Å². The quantitative estimate of drug-likeness (QED) is 0.798. The van der Waals surface area contributed by atoms with Crippen molar-refractivity contribution in [3.05, 3.63) is 69.8 Å². The Bertz CT molecular complexity index is 784. The third-order valence-corrected chi connectivity index (χ3v) is 4.69. The maximum Gasteiger partial charge on any atom is 0.335 e. The molecule has 2 nitrogen and oxygen atoms in total. The second-order valence-electron chi connectivity index (χ2n) is 6.39. The molecular formula is C21H22O2. The number of allylic oxidation sites excluding steroid dienone is 1. The van der Waals surface area contributed by atoms with Gasteiger partial charge in [0.25, 0.3) is 0 Å². The van der Waals surface area contributed by atoms with E-state index in [2.05, 4.69) is 31.2 Å². The van der Waals surface area contributed by atoms with Gasteiger partial charge >= 0.3 is 5.97 Å². The highest BCUT2D eigenvalue weighted by molar-refractivity contribution is 5.89. The molecule has 0 aromatic heterocycles. The molecule has 1 aliphatic carbocycles. The van der Waals surface area contributed by atoms with Gasteiger partial charge < -0.3 is 5.11 Å². The molecule has 0 aliphatic heterocycles. The van der Waals surface area contributed by atoms with Gasteiger partial charge in [-0.2, -0.15) is 0 Å². The molecule has 118 valence electrons. The smallest absolute Gasteiger partial charge is 0.335 e. The van der Waals surface area contributed by atoms with E-state index in [1.165, 1.54) is 47.9 Å². The zero-order valence-electron chi connectivity index (χ0n) is 13.7. The largest absolute Gasteiger partial charge is 0.478 e. The molecule has 0 saturated carbocycles. The average Bonchev–Trinajstić information content (AvgIpc) is 2.56. The summed E-state index contributed by atoms with van der Waals surface area (Å²) >= 11 is 0. The molecule has 3 rings (SSSR count). The molecular weight excluding hydrogens is 284 g/mol. The third-order valence-electron chi connectivity index (χ3n) is 4.69. The highest BCUT2D eigenvalue weighted by atomic mass is 16.4. The second kappa shape index (κ2) is 6.41. The summed E-state index contributed by atoms with van der Waals surface area (Å²) < 4.78 is 0. The summed E-state index contributed by atoms with van der Waals surface area (Å²) in [7, 11) is 0. The van der Waals surface area contributed by atoms with Crippen molar-refractivity contribution >= 4 is 17.6 Å². The molecule has 0 spiro atoms. The van der Waals surface area contributed by atoms with Crippen molar-refractivity contribution in [1.82, 2.24) is 0 Å². The molecule has 0 unspecified atom stereocenters. The first-order valence-corrected chi connectivity index (χ1v) is 8.19. The summed E-state index contributed by atoms with van der Waals surface area (Å²) in [6.07, 6.45) is 7.12. The van der Waals surface area contributed by atoms with E-state index < -0.39 is 5.97 Å². The molecule has 0 fully saturated rings. The predicted octanol–water partition coefficient (Wildman–Crippen LogP) is 5.13. The zero-order valence-corrected chi connectivity index (χ0v) is 13.7. The molecule has 23 heavy (non-hydrogen) atoms. The lowest BCUT2D eigenvalue weighted by Gasteiger charge is -2.17. The van der Waals surface area contributed by atoms with Crippen molar-refractivity contribution in [2.24, 2.45) is 0 Å². The Morgan fingerprint density at radius 2 is 1.70 bits per heavy atom. The van der Waals surface area contributed by atoms with Crippen molar-refractivity contribution in [2.75, 3.05) is 0 Å². The Kier molecular flexibility index (Phi) is 4.33. The molecule has 0 saturated heterocycles. The molecule has 1 aliphatic rings. The van der Waals surface area contributed by atoms with E-state index in [-0.39, 0.29) is 0 Å². The number of carboxylic acids is 1. The van der Waals surface area contributed by atoms with Crippen LogP contribution in [-0.4, -0.2) is 11.1 Å². The van der Waals surface area contributed by atoms with Crippen LogP contribution < -0.4 is 0 Å². The van der Waals surface area contributed by atoms with Gasteiger partial charge in [0.05, 0.1) is 5.56 Å². The Balaban J connectivity index is 1.92. The first-order chi connectivity index (χ1) is 11.0. The number of fused-ring (bicyclic) bond motifs is 1. The summed E-state index contributed by atoms with van der Waals surface area (Å²) in [6, 6.07) is 12.1. The molecule has 2 aromatic carbocycles. The summed E-state index contributed by atoms with van der Waals surface area (Å²) in [6.45, 7) is 4.08. The molecule has 0 radical (unpaired) electrons. The lowest BCUT2D eigenvalue weighted by molar-refractivity contribution is 0.0697. The summed E-state index contributed by atoms with van der Waals surface area (Å²) in [4.78, 5) is 11.0. The molecule has 0 bridgehead atoms. The van der Waals surface area contributed by atoms with E-state index >= 15 is 0 Å². The van der Waals surface area contributed by atoms with E-state index in [9.17, 15) is 4.79 Å². The summed E-state index contributed by atoms with van der Waals surface area (Å²) in [5.74, 6) is -0.880. The van der Waals surface area contributed by atoms with E-state index in [1.807, 2.05) is 13.0 Å².